The maximum Gasteiger partial charge on any atom is 0.251 e. The van der Waals surface area contributed by atoms with Gasteiger partial charge in [-0.2, -0.15) is 0 Å². The summed E-state index contributed by atoms with van der Waals surface area (Å²) in [5.74, 6) is 0.635. The third kappa shape index (κ3) is 5.97. The number of hydrogen-bond donors (Lipinski definition) is 1. The van der Waals surface area contributed by atoms with Crippen molar-refractivity contribution in [1.82, 2.24) is 10.2 Å². The Morgan fingerprint density at radius 3 is 2.34 bits per heavy atom. The Kier molecular flexibility index (Phi) is 8.12. The van der Waals surface area contributed by atoms with Crippen LogP contribution in [-0.4, -0.2) is 37.6 Å². The standard InChI is InChI=1S/C24H32N2O2.ClH/c1-24(2,3)20-12-10-18(11-13-20)22(26-14-5-6-15-26)17-25-23(27)19-8-7-9-21(16-19)28-4;/h7-13,16,22H,5-6,14-15,17H2,1-4H3,(H,25,27);1H. The summed E-state index contributed by atoms with van der Waals surface area (Å²) in [6, 6.07) is 16.4. The third-order valence-corrected chi connectivity index (χ3v) is 5.53. The molecule has 29 heavy (non-hydrogen) atoms. The van der Waals surface area contributed by atoms with E-state index in [9.17, 15) is 4.79 Å². The second-order valence-corrected chi connectivity index (χ2v) is 8.57. The summed E-state index contributed by atoms with van der Waals surface area (Å²) in [6.07, 6.45) is 2.45. The highest BCUT2D eigenvalue weighted by atomic mass is 35.5. The van der Waals surface area contributed by atoms with Gasteiger partial charge in [-0.1, -0.05) is 51.1 Å². The number of amides is 1. The van der Waals surface area contributed by atoms with Gasteiger partial charge < -0.3 is 10.1 Å². The molecular weight excluding hydrogens is 384 g/mol. The number of nitrogens with one attached hydrogen (secondary N) is 1. The van der Waals surface area contributed by atoms with E-state index in [1.165, 1.54) is 24.0 Å². The van der Waals surface area contributed by atoms with Crippen LogP contribution < -0.4 is 10.1 Å². The van der Waals surface area contributed by atoms with Crippen LogP contribution in [-0.2, 0) is 5.41 Å². The molecule has 0 spiro atoms. The lowest BCUT2D eigenvalue weighted by Crippen LogP contribution is -2.36. The number of carbonyl (C=O) groups is 1. The Bertz CT molecular complexity index is 793. The molecule has 5 heteroatoms. The second kappa shape index (κ2) is 10.1. The Hall–Kier alpha value is -2.04. The fourth-order valence-electron chi connectivity index (χ4n) is 3.77. The summed E-state index contributed by atoms with van der Waals surface area (Å²) >= 11 is 0. The van der Waals surface area contributed by atoms with Gasteiger partial charge in [-0.15, -0.1) is 12.4 Å². The third-order valence-electron chi connectivity index (χ3n) is 5.53. The molecule has 1 aliphatic rings. The van der Waals surface area contributed by atoms with Crippen molar-refractivity contribution in [3.63, 3.8) is 0 Å². The Morgan fingerprint density at radius 1 is 1.10 bits per heavy atom. The van der Waals surface area contributed by atoms with Crippen LogP contribution in [0.25, 0.3) is 0 Å². The van der Waals surface area contributed by atoms with Gasteiger partial charge >= 0.3 is 0 Å². The van der Waals surface area contributed by atoms with Crippen LogP contribution in [0.2, 0.25) is 0 Å². The largest absolute Gasteiger partial charge is 0.497 e. The highest BCUT2D eigenvalue weighted by Gasteiger charge is 2.25. The lowest BCUT2D eigenvalue weighted by Gasteiger charge is -2.29. The highest BCUT2D eigenvalue weighted by molar-refractivity contribution is 5.94. The molecule has 1 amide bonds. The van der Waals surface area contributed by atoms with Gasteiger partial charge in [0.2, 0.25) is 0 Å². The first-order valence-corrected chi connectivity index (χ1v) is 10.2. The number of halogens is 1. The van der Waals surface area contributed by atoms with E-state index in [4.69, 9.17) is 4.74 Å². The number of rotatable bonds is 6. The molecule has 1 saturated heterocycles. The monoisotopic (exact) mass is 416 g/mol. The van der Waals surface area contributed by atoms with Crippen molar-refractivity contribution in [2.75, 3.05) is 26.7 Å². The normalized spacial score (nSPS) is 15.4. The van der Waals surface area contributed by atoms with E-state index in [-0.39, 0.29) is 29.8 Å². The van der Waals surface area contributed by atoms with Gasteiger partial charge in [0.25, 0.3) is 5.91 Å². The predicted molar refractivity (Wildman–Crippen MR) is 121 cm³/mol. The first-order valence-electron chi connectivity index (χ1n) is 10.2. The van der Waals surface area contributed by atoms with E-state index in [1.807, 2.05) is 18.2 Å². The van der Waals surface area contributed by atoms with Gasteiger partial charge in [-0.3, -0.25) is 9.69 Å². The minimum absolute atomic E-state index is 0. The van der Waals surface area contributed by atoms with Crippen LogP contribution in [0, 0.1) is 0 Å². The van der Waals surface area contributed by atoms with E-state index < -0.39 is 0 Å². The molecule has 0 aliphatic carbocycles. The smallest absolute Gasteiger partial charge is 0.251 e. The lowest BCUT2D eigenvalue weighted by atomic mass is 9.86. The number of carbonyl (C=O) groups excluding carboxylic acids is 1. The Morgan fingerprint density at radius 2 is 1.76 bits per heavy atom. The molecule has 1 heterocycles. The number of ether oxygens (including phenoxy) is 1. The van der Waals surface area contributed by atoms with E-state index in [1.54, 1.807) is 13.2 Å². The molecule has 0 saturated carbocycles. The van der Waals surface area contributed by atoms with Crippen LogP contribution in [0.4, 0.5) is 0 Å². The first-order chi connectivity index (χ1) is 13.4. The molecule has 158 valence electrons. The van der Waals surface area contributed by atoms with Gasteiger partial charge in [-0.05, 0) is 60.7 Å². The van der Waals surface area contributed by atoms with Crippen LogP contribution in [0.1, 0.15) is 61.1 Å². The van der Waals surface area contributed by atoms with Crippen molar-refractivity contribution in [2.45, 2.75) is 45.1 Å². The minimum atomic E-state index is -0.0607. The molecule has 1 atom stereocenters. The summed E-state index contributed by atoms with van der Waals surface area (Å²) < 4.78 is 5.23. The van der Waals surface area contributed by atoms with Crippen molar-refractivity contribution >= 4 is 18.3 Å². The maximum absolute atomic E-state index is 12.7. The molecule has 1 N–H and O–H groups in total. The zero-order valence-electron chi connectivity index (χ0n) is 17.9. The van der Waals surface area contributed by atoms with Crippen molar-refractivity contribution < 1.29 is 9.53 Å². The molecule has 1 fully saturated rings. The summed E-state index contributed by atoms with van der Waals surface area (Å²) in [7, 11) is 1.61. The first kappa shape index (κ1) is 23.2. The van der Waals surface area contributed by atoms with Crippen LogP contribution >= 0.6 is 12.4 Å². The number of hydrogen-bond acceptors (Lipinski definition) is 3. The molecule has 0 aromatic heterocycles. The second-order valence-electron chi connectivity index (χ2n) is 8.57. The maximum atomic E-state index is 12.7. The number of likely N-dealkylation sites (tertiary alicyclic amines) is 1. The van der Waals surface area contributed by atoms with E-state index >= 15 is 0 Å². The zero-order chi connectivity index (χ0) is 20.1. The van der Waals surface area contributed by atoms with Crippen molar-refractivity contribution in [2.24, 2.45) is 0 Å². The topological polar surface area (TPSA) is 41.6 Å². The fraction of sp³-hybridized carbons (Fsp3) is 0.458. The number of benzene rings is 2. The van der Waals surface area contributed by atoms with Crippen molar-refractivity contribution in [1.29, 1.82) is 0 Å². The summed E-state index contributed by atoms with van der Waals surface area (Å²) in [6.45, 7) is 9.46. The molecule has 0 radical (unpaired) electrons. The van der Waals surface area contributed by atoms with Crippen LogP contribution in [0.3, 0.4) is 0 Å². The molecule has 1 unspecified atom stereocenters. The quantitative estimate of drug-likeness (QED) is 0.721. The Labute approximate surface area is 181 Å². The molecular formula is C24H33ClN2O2. The molecule has 0 bridgehead atoms. The summed E-state index contributed by atoms with van der Waals surface area (Å²) in [5.41, 5.74) is 3.36. The zero-order valence-corrected chi connectivity index (χ0v) is 18.7. The Balaban J connectivity index is 0.00000300. The summed E-state index contributed by atoms with van der Waals surface area (Å²) in [5, 5.41) is 3.13. The molecule has 1 aliphatic heterocycles. The number of methoxy groups -OCH3 is 1. The van der Waals surface area contributed by atoms with Crippen LogP contribution in [0.15, 0.2) is 48.5 Å². The SMILES string of the molecule is COc1cccc(C(=O)NCC(c2ccc(C(C)(C)C)cc2)N2CCCC2)c1.Cl. The number of nitrogens with zero attached hydrogens (tertiary/aromatic N) is 1. The van der Waals surface area contributed by atoms with Gasteiger partial charge in [0.05, 0.1) is 13.2 Å². The van der Waals surface area contributed by atoms with Gasteiger partial charge in [-0.25, -0.2) is 0 Å². The minimum Gasteiger partial charge on any atom is -0.497 e. The van der Waals surface area contributed by atoms with Crippen molar-refractivity contribution in [3.05, 3.63) is 65.2 Å². The lowest BCUT2D eigenvalue weighted by molar-refractivity contribution is 0.0937. The predicted octanol–water partition coefficient (Wildman–Crippen LogP) is 4.98. The average Bonchev–Trinajstić information content (AvgIpc) is 3.22. The van der Waals surface area contributed by atoms with Gasteiger partial charge in [0.1, 0.15) is 5.75 Å². The average molecular weight is 417 g/mol. The molecule has 2 aromatic carbocycles. The van der Waals surface area contributed by atoms with E-state index in [0.29, 0.717) is 17.9 Å². The van der Waals surface area contributed by atoms with Crippen LogP contribution in [0.5, 0.6) is 5.75 Å². The fourth-order valence-corrected chi connectivity index (χ4v) is 3.77. The van der Waals surface area contributed by atoms with Crippen molar-refractivity contribution in [3.8, 4) is 5.75 Å². The molecule has 4 nitrogen and oxygen atoms in total. The van der Waals surface area contributed by atoms with E-state index in [0.717, 1.165) is 13.1 Å². The summed E-state index contributed by atoms with van der Waals surface area (Å²) in [4.78, 5) is 15.1. The van der Waals surface area contributed by atoms with Gasteiger partial charge in [0.15, 0.2) is 0 Å². The highest BCUT2D eigenvalue weighted by Crippen LogP contribution is 2.28. The molecule has 2 aromatic rings. The van der Waals surface area contributed by atoms with Gasteiger partial charge in [0, 0.05) is 12.1 Å². The van der Waals surface area contributed by atoms with E-state index in [2.05, 4.69) is 55.3 Å². The molecule has 3 rings (SSSR count).